The highest BCUT2D eigenvalue weighted by molar-refractivity contribution is 6.31. The highest BCUT2D eigenvalue weighted by atomic mass is 35.5. The van der Waals surface area contributed by atoms with Crippen molar-refractivity contribution in [3.05, 3.63) is 100 Å². The normalized spacial score (nSPS) is 17.5. The Morgan fingerprint density at radius 2 is 1.64 bits per heavy atom. The third kappa shape index (κ3) is 5.93. The highest BCUT2D eigenvalue weighted by Crippen LogP contribution is 2.35. The van der Waals surface area contributed by atoms with Crippen LogP contribution in [0.1, 0.15) is 57.2 Å². The summed E-state index contributed by atoms with van der Waals surface area (Å²) in [5.41, 5.74) is 3.45. The fraction of sp³-hybridized carbons (Fsp3) is 0.303. The smallest absolute Gasteiger partial charge is 0.331 e. The predicted octanol–water partition coefficient (Wildman–Crippen LogP) is 6.64. The van der Waals surface area contributed by atoms with Gasteiger partial charge in [0, 0.05) is 57.9 Å². The van der Waals surface area contributed by atoms with E-state index in [2.05, 4.69) is 43.0 Å². The third-order valence-electron chi connectivity index (χ3n) is 7.59. The number of hydrogen-bond acceptors (Lipinski definition) is 5. The molecule has 0 spiro atoms. The van der Waals surface area contributed by atoms with Crippen molar-refractivity contribution in [1.29, 1.82) is 0 Å². The lowest BCUT2D eigenvalue weighted by Crippen LogP contribution is -2.72. The molecular formula is C33H33ClF2N5O+. The summed E-state index contributed by atoms with van der Waals surface area (Å²) < 4.78 is 36.2. The molecule has 6 nitrogen and oxygen atoms in total. The average molecular weight is 589 g/mol. The van der Waals surface area contributed by atoms with E-state index in [1.807, 2.05) is 35.6 Å². The maximum Gasteiger partial charge on any atom is 0.331 e. The number of ether oxygens (including phenoxy) is 1. The Balaban J connectivity index is 1.30. The van der Waals surface area contributed by atoms with E-state index in [1.54, 1.807) is 18.3 Å². The Kier molecular flexibility index (Phi) is 7.33. The Labute approximate surface area is 249 Å². The molecule has 3 aromatic carbocycles. The molecule has 0 radical (unpaired) electrons. The summed E-state index contributed by atoms with van der Waals surface area (Å²) in [4.78, 5) is 14.1. The van der Waals surface area contributed by atoms with Crippen LogP contribution in [0.25, 0.3) is 11.3 Å². The van der Waals surface area contributed by atoms with E-state index < -0.39 is 11.6 Å². The predicted molar refractivity (Wildman–Crippen MR) is 161 cm³/mol. The first kappa shape index (κ1) is 28.4. The van der Waals surface area contributed by atoms with Gasteiger partial charge in [0.2, 0.25) is 0 Å². The summed E-state index contributed by atoms with van der Waals surface area (Å²) in [6.07, 6.45) is 3.62. The number of nitrogens with zero attached hydrogens (tertiary/aromatic N) is 3. The first-order valence-electron chi connectivity index (χ1n) is 14.0. The molecular weight excluding hydrogens is 556 g/mol. The van der Waals surface area contributed by atoms with E-state index in [0.717, 1.165) is 29.8 Å². The number of aromatic nitrogens is 2. The maximum absolute atomic E-state index is 14.9. The van der Waals surface area contributed by atoms with E-state index in [-0.39, 0.29) is 35.0 Å². The Morgan fingerprint density at radius 1 is 0.929 bits per heavy atom. The van der Waals surface area contributed by atoms with E-state index in [9.17, 15) is 8.78 Å². The number of hydrogen-bond donors (Lipinski definition) is 2. The molecule has 0 unspecified atom stereocenters. The quantitative estimate of drug-likeness (QED) is 0.256. The zero-order valence-corrected chi connectivity index (χ0v) is 24.8. The number of aliphatic imine (C=N–C) groups is 1. The lowest BCUT2D eigenvalue weighted by atomic mass is 9.81. The van der Waals surface area contributed by atoms with Gasteiger partial charge >= 0.3 is 5.95 Å². The van der Waals surface area contributed by atoms with Crippen molar-refractivity contribution in [2.45, 2.75) is 64.3 Å². The summed E-state index contributed by atoms with van der Waals surface area (Å²) in [5.74, 6) is -0.0904. The van der Waals surface area contributed by atoms with Gasteiger partial charge in [-0.15, -0.1) is 0 Å². The van der Waals surface area contributed by atoms with Gasteiger partial charge in [-0.3, -0.25) is 4.99 Å². The number of rotatable bonds is 5. The van der Waals surface area contributed by atoms with Gasteiger partial charge in [-0.1, -0.05) is 29.8 Å². The molecule has 2 aliphatic heterocycles. The fourth-order valence-electron chi connectivity index (χ4n) is 6.28. The summed E-state index contributed by atoms with van der Waals surface area (Å²) in [7, 11) is 0. The molecule has 0 aliphatic carbocycles. The summed E-state index contributed by atoms with van der Waals surface area (Å²) >= 11 is 6.35. The summed E-state index contributed by atoms with van der Waals surface area (Å²) in [6.45, 7) is 8.99. The van der Waals surface area contributed by atoms with Gasteiger partial charge in [0.25, 0.3) is 0 Å². The number of quaternary nitrogens is 1. The number of piperidine rings is 1. The second kappa shape index (κ2) is 10.8. The SMILES string of the molecule is CC1(C)CC(Oc2cccc([NH2+]c3ncc4c(n3)-c3ccc(Cl)cc3C(c3c(F)cccc3F)=NC4)c2)CC(C)(C)N1. The molecule has 0 atom stereocenters. The van der Waals surface area contributed by atoms with Crippen LogP contribution in [-0.4, -0.2) is 32.9 Å². The first-order valence-corrected chi connectivity index (χ1v) is 14.4. The van der Waals surface area contributed by atoms with Crippen LogP contribution in [0.4, 0.5) is 20.4 Å². The second-order valence-corrected chi connectivity index (χ2v) is 12.7. The molecule has 9 heteroatoms. The minimum atomic E-state index is -0.690. The molecule has 6 rings (SSSR count). The molecule has 3 heterocycles. The Bertz CT molecular complexity index is 1670. The standard InChI is InChI=1S/C33H32ClF2N5O/c1-32(2)15-23(16-33(3,4)41-32)42-22-8-5-7-21(14-22)39-31-38-18-19-17-37-30(28-26(35)9-6-10-27(28)36)25-13-20(34)11-12-24(25)29(19)40-31/h5-14,18,23,41H,15-17H2,1-4H3,(H,38,39,40)/p+1. The topological polar surface area (TPSA) is 76.0 Å². The van der Waals surface area contributed by atoms with Gasteiger partial charge in [-0.05, 0) is 64.1 Å². The van der Waals surface area contributed by atoms with Crippen molar-refractivity contribution < 1.29 is 18.8 Å². The number of nitrogens with two attached hydrogens (primary N) is 1. The lowest BCUT2D eigenvalue weighted by molar-refractivity contribution is -0.487. The van der Waals surface area contributed by atoms with Crippen LogP contribution in [0.5, 0.6) is 5.75 Å². The van der Waals surface area contributed by atoms with Crippen LogP contribution in [0.2, 0.25) is 5.02 Å². The minimum Gasteiger partial charge on any atom is -0.490 e. The van der Waals surface area contributed by atoms with Gasteiger partial charge in [0.15, 0.2) is 0 Å². The fourth-order valence-corrected chi connectivity index (χ4v) is 6.45. The lowest BCUT2D eigenvalue weighted by Gasteiger charge is -2.46. The number of halogens is 3. The summed E-state index contributed by atoms with van der Waals surface area (Å²) in [5, 5.41) is 6.01. The maximum atomic E-state index is 14.9. The van der Waals surface area contributed by atoms with Crippen LogP contribution in [0.15, 0.2) is 71.9 Å². The van der Waals surface area contributed by atoms with Crippen molar-refractivity contribution in [2.75, 3.05) is 0 Å². The zero-order chi connectivity index (χ0) is 29.6. The molecule has 1 fully saturated rings. The molecule has 0 saturated carbocycles. The highest BCUT2D eigenvalue weighted by Gasteiger charge is 2.38. The van der Waals surface area contributed by atoms with E-state index >= 15 is 0 Å². The minimum absolute atomic E-state index is 0.0199. The van der Waals surface area contributed by atoms with Crippen molar-refractivity contribution in [3.8, 4) is 17.0 Å². The van der Waals surface area contributed by atoms with Crippen molar-refractivity contribution in [1.82, 2.24) is 15.3 Å². The van der Waals surface area contributed by atoms with E-state index in [1.165, 1.54) is 18.2 Å². The summed E-state index contributed by atoms with van der Waals surface area (Å²) in [6, 6.07) is 16.9. The van der Waals surface area contributed by atoms with Crippen LogP contribution >= 0.6 is 11.6 Å². The van der Waals surface area contributed by atoms with Crippen LogP contribution in [0, 0.1) is 11.6 Å². The number of nitrogens with one attached hydrogen (secondary N) is 1. The Hall–Kier alpha value is -3.72. The molecule has 42 heavy (non-hydrogen) atoms. The van der Waals surface area contributed by atoms with E-state index in [4.69, 9.17) is 21.3 Å². The van der Waals surface area contributed by atoms with Crippen molar-refractivity contribution >= 4 is 28.9 Å². The molecule has 1 aromatic heterocycles. The van der Waals surface area contributed by atoms with E-state index in [0.29, 0.717) is 27.8 Å². The van der Waals surface area contributed by atoms with Crippen molar-refractivity contribution in [3.63, 3.8) is 0 Å². The largest absolute Gasteiger partial charge is 0.490 e. The molecule has 4 aromatic rings. The van der Waals surface area contributed by atoms with Gasteiger partial charge in [-0.2, -0.15) is 9.97 Å². The first-order chi connectivity index (χ1) is 20.0. The van der Waals surface area contributed by atoms with Crippen LogP contribution < -0.4 is 15.4 Å². The van der Waals surface area contributed by atoms with Gasteiger partial charge in [0.1, 0.15) is 29.2 Å². The molecule has 2 aliphatic rings. The molecule has 216 valence electrons. The van der Waals surface area contributed by atoms with Gasteiger partial charge < -0.3 is 10.1 Å². The molecule has 0 bridgehead atoms. The number of fused-ring (bicyclic) bond motifs is 3. The third-order valence-corrected chi connectivity index (χ3v) is 7.83. The van der Waals surface area contributed by atoms with Crippen molar-refractivity contribution in [2.24, 2.45) is 4.99 Å². The second-order valence-electron chi connectivity index (χ2n) is 12.3. The monoisotopic (exact) mass is 588 g/mol. The van der Waals surface area contributed by atoms with Gasteiger partial charge in [-0.25, -0.2) is 14.1 Å². The molecule has 1 saturated heterocycles. The zero-order valence-electron chi connectivity index (χ0n) is 24.0. The molecule has 0 amide bonds. The number of benzene rings is 3. The average Bonchev–Trinajstić information content (AvgIpc) is 3.04. The molecule has 3 N–H and O–H groups in total. The van der Waals surface area contributed by atoms with Gasteiger partial charge in [0.05, 0.1) is 23.5 Å². The van der Waals surface area contributed by atoms with Crippen LogP contribution in [0.3, 0.4) is 0 Å². The Morgan fingerprint density at radius 3 is 2.38 bits per heavy atom. The van der Waals surface area contributed by atoms with Crippen LogP contribution in [-0.2, 0) is 6.54 Å².